The Morgan fingerprint density at radius 3 is 2.72 bits per heavy atom. The van der Waals surface area contributed by atoms with Gasteiger partial charge in [0.2, 0.25) is 5.91 Å². The van der Waals surface area contributed by atoms with Crippen molar-refractivity contribution < 1.29 is 14.0 Å². The third-order valence-corrected chi connectivity index (χ3v) is 5.00. The van der Waals surface area contributed by atoms with Crippen molar-refractivity contribution in [2.24, 2.45) is 14.1 Å². The third-order valence-electron chi connectivity index (χ3n) is 5.00. The topological polar surface area (TPSA) is 85.0 Å². The minimum atomic E-state index is -0.632. The molecule has 4 rings (SSSR count). The van der Waals surface area contributed by atoms with Crippen molar-refractivity contribution in [1.29, 1.82) is 0 Å². The van der Waals surface area contributed by atoms with Crippen LogP contribution in [0.4, 0.5) is 4.39 Å². The Kier molecular flexibility index (Phi) is 4.87. The second-order valence-corrected chi connectivity index (χ2v) is 7.16. The number of carbonyl (C=O) groups is 2. The molecule has 0 spiro atoms. The predicted octanol–water partition coefficient (Wildman–Crippen LogP) is 1.35. The van der Waals surface area contributed by atoms with E-state index in [1.54, 1.807) is 52.8 Å². The molecule has 0 fully saturated rings. The zero-order valence-electron chi connectivity index (χ0n) is 16.2. The second-order valence-electron chi connectivity index (χ2n) is 7.16. The number of amides is 2. The molecule has 0 unspecified atom stereocenters. The number of rotatable bonds is 4. The quantitative estimate of drug-likeness (QED) is 0.721. The predicted molar refractivity (Wildman–Crippen MR) is 102 cm³/mol. The largest absolute Gasteiger partial charge is 0.351 e. The van der Waals surface area contributed by atoms with Crippen LogP contribution in [0.15, 0.2) is 42.9 Å². The van der Waals surface area contributed by atoms with Crippen molar-refractivity contribution in [2.75, 3.05) is 6.54 Å². The molecule has 0 aliphatic carbocycles. The zero-order chi connectivity index (χ0) is 20.5. The maximum atomic E-state index is 13.9. The van der Waals surface area contributed by atoms with E-state index in [1.807, 2.05) is 6.20 Å². The Bertz CT molecular complexity index is 1070. The van der Waals surface area contributed by atoms with E-state index in [0.717, 1.165) is 5.56 Å². The van der Waals surface area contributed by atoms with Crippen molar-refractivity contribution >= 4 is 11.8 Å². The number of carbonyl (C=O) groups excluding carboxylic acids is 2. The van der Waals surface area contributed by atoms with Crippen LogP contribution in [0.25, 0.3) is 0 Å². The van der Waals surface area contributed by atoms with Crippen LogP contribution in [0.1, 0.15) is 33.1 Å². The molecular weight excluding hydrogens is 375 g/mol. The molecule has 1 aromatic carbocycles. The fourth-order valence-corrected chi connectivity index (χ4v) is 3.57. The highest BCUT2D eigenvalue weighted by molar-refractivity contribution is 5.95. The van der Waals surface area contributed by atoms with E-state index < -0.39 is 5.92 Å². The monoisotopic (exact) mass is 396 g/mol. The smallest absolute Gasteiger partial charge is 0.257 e. The maximum Gasteiger partial charge on any atom is 0.257 e. The van der Waals surface area contributed by atoms with Crippen molar-refractivity contribution in [3.63, 3.8) is 0 Å². The zero-order valence-corrected chi connectivity index (χ0v) is 16.2. The molecule has 1 aliphatic heterocycles. The minimum Gasteiger partial charge on any atom is -0.351 e. The summed E-state index contributed by atoms with van der Waals surface area (Å²) in [4.78, 5) is 27.4. The Morgan fingerprint density at radius 2 is 2.00 bits per heavy atom. The molecule has 1 N–H and O–H groups in total. The SMILES string of the molecule is Cn1cc(C(=O)N2Cc3cn(C)nc3[C@@H](C(=O)NCc3ccccc3F)C2)cn1. The van der Waals surface area contributed by atoms with Gasteiger partial charge in [-0.3, -0.25) is 19.0 Å². The van der Waals surface area contributed by atoms with Gasteiger partial charge in [-0.2, -0.15) is 10.2 Å². The molecule has 29 heavy (non-hydrogen) atoms. The molecule has 3 aromatic rings. The highest BCUT2D eigenvalue weighted by Crippen LogP contribution is 2.28. The number of hydrogen-bond donors (Lipinski definition) is 1. The number of hydrogen-bond acceptors (Lipinski definition) is 4. The van der Waals surface area contributed by atoms with Crippen LogP contribution in [0.3, 0.4) is 0 Å². The Morgan fingerprint density at radius 1 is 1.21 bits per heavy atom. The van der Waals surface area contributed by atoms with Gasteiger partial charge in [0.1, 0.15) is 5.82 Å². The number of fused-ring (bicyclic) bond motifs is 1. The molecule has 0 saturated heterocycles. The first-order valence-electron chi connectivity index (χ1n) is 9.24. The maximum absolute atomic E-state index is 13.9. The minimum absolute atomic E-state index is 0.0702. The van der Waals surface area contributed by atoms with Gasteiger partial charge in [-0.25, -0.2) is 4.39 Å². The van der Waals surface area contributed by atoms with Gasteiger partial charge in [0, 0.05) is 57.3 Å². The molecule has 0 radical (unpaired) electrons. The van der Waals surface area contributed by atoms with E-state index in [0.29, 0.717) is 23.4 Å². The Hall–Kier alpha value is -3.49. The molecule has 150 valence electrons. The Labute approximate surface area is 166 Å². The van der Waals surface area contributed by atoms with Crippen molar-refractivity contribution in [2.45, 2.75) is 19.0 Å². The van der Waals surface area contributed by atoms with Gasteiger partial charge in [0.05, 0.1) is 23.4 Å². The summed E-state index contributed by atoms with van der Waals surface area (Å²) in [6.07, 6.45) is 4.97. The van der Waals surface area contributed by atoms with E-state index in [4.69, 9.17) is 0 Å². The third kappa shape index (κ3) is 3.75. The van der Waals surface area contributed by atoms with Crippen LogP contribution < -0.4 is 5.32 Å². The van der Waals surface area contributed by atoms with Gasteiger partial charge in [-0.05, 0) is 6.07 Å². The molecule has 8 nitrogen and oxygen atoms in total. The normalized spacial score (nSPS) is 15.8. The summed E-state index contributed by atoms with van der Waals surface area (Å²) in [6, 6.07) is 6.30. The lowest BCUT2D eigenvalue weighted by Crippen LogP contribution is -2.43. The van der Waals surface area contributed by atoms with Gasteiger partial charge >= 0.3 is 0 Å². The fourth-order valence-electron chi connectivity index (χ4n) is 3.57. The first-order valence-corrected chi connectivity index (χ1v) is 9.24. The number of nitrogens with zero attached hydrogens (tertiary/aromatic N) is 5. The van der Waals surface area contributed by atoms with Gasteiger partial charge in [-0.15, -0.1) is 0 Å². The van der Waals surface area contributed by atoms with Crippen LogP contribution in [0, 0.1) is 5.82 Å². The van der Waals surface area contributed by atoms with Crippen LogP contribution in [-0.4, -0.2) is 42.8 Å². The standard InChI is InChI=1S/C20H21FN6O2/c1-25-9-14(8-23-25)20(29)27-11-15-10-26(2)24-18(15)16(12-27)19(28)22-7-13-5-3-4-6-17(13)21/h3-6,8-10,16H,7,11-12H2,1-2H3,(H,22,28)/t16-/m0/s1. The molecule has 1 aliphatic rings. The van der Waals surface area contributed by atoms with Crippen molar-refractivity contribution in [3.05, 3.63) is 71.1 Å². The van der Waals surface area contributed by atoms with Gasteiger partial charge in [0.25, 0.3) is 5.91 Å². The van der Waals surface area contributed by atoms with E-state index in [9.17, 15) is 14.0 Å². The highest BCUT2D eigenvalue weighted by Gasteiger charge is 2.35. The summed E-state index contributed by atoms with van der Waals surface area (Å²) in [5.74, 6) is -1.49. The molecule has 0 bridgehead atoms. The second kappa shape index (κ2) is 7.50. The van der Waals surface area contributed by atoms with E-state index in [2.05, 4.69) is 15.5 Å². The van der Waals surface area contributed by atoms with E-state index >= 15 is 0 Å². The first-order chi connectivity index (χ1) is 13.9. The van der Waals surface area contributed by atoms with E-state index in [1.165, 1.54) is 12.3 Å². The fraction of sp³-hybridized carbons (Fsp3) is 0.300. The number of benzene rings is 1. The van der Waals surface area contributed by atoms with Gasteiger partial charge < -0.3 is 10.2 Å². The lowest BCUT2D eigenvalue weighted by Gasteiger charge is -2.31. The summed E-state index contributed by atoms with van der Waals surface area (Å²) in [5, 5.41) is 11.2. The van der Waals surface area contributed by atoms with Crippen molar-refractivity contribution in [3.8, 4) is 0 Å². The van der Waals surface area contributed by atoms with Crippen LogP contribution in [0.5, 0.6) is 0 Å². The number of halogens is 1. The lowest BCUT2D eigenvalue weighted by molar-refractivity contribution is -0.123. The number of aryl methyl sites for hydroxylation is 2. The highest BCUT2D eigenvalue weighted by atomic mass is 19.1. The summed E-state index contributed by atoms with van der Waals surface area (Å²) < 4.78 is 17.1. The summed E-state index contributed by atoms with van der Waals surface area (Å²) >= 11 is 0. The number of nitrogens with one attached hydrogen (secondary N) is 1. The molecule has 0 saturated carbocycles. The molecule has 1 atom stereocenters. The Balaban J connectivity index is 1.55. The first kappa shape index (κ1) is 18.9. The molecule has 3 heterocycles. The lowest BCUT2D eigenvalue weighted by atomic mass is 9.95. The van der Waals surface area contributed by atoms with Crippen LogP contribution in [-0.2, 0) is 32.0 Å². The van der Waals surface area contributed by atoms with Gasteiger partial charge in [-0.1, -0.05) is 18.2 Å². The summed E-state index contributed by atoms with van der Waals surface area (Å²) in [7, 11) is 3.52. The molecule has 2 amide bonds. The van der Waals surface area contributed by atoms with Gasteiger partial charge in [0.15, 0.2) is 0 Å². The summed E-state index contributed by atoms with van der Waals surface area (Å²) in [5.41, 5.74) is 2.34. The van der Waals surface area contributed by atoms with Crippen LogP contribution >= 0.6 is 0 Å². The van der Waals surface area contributed by atoms with E-state index in [-0.39, 0.29) is 30.7 Å². The van der Waals surface area contributed by atoms with Crippen LogP contribution in [0.2, 0.25) is 0 Å². The average Bonchev–Trinajstić information content (AvgIpc) is 3.30. The molecule has 2 aromatic heterocycles. The van der Waals surface area contributed by atoms with Crippen molar-refractivity contribution in [1.82, 2.24) is 29.8 Å². The summed E-state index contributed by atoms with van der Waals surface area (Å²) in [6.45, 7) is 0.634. The number of aromatic nitrogens is 4. The molecule has 9 heteroatoms. The molecular formula is C20H21FN6O2. The average molecular weight is 396 g/mol.